The minimum atomic E-state index is 0.535. The summed E-state index contributed by atoms with van der Waals surface area (Å²) in [7, 11) is 4.76. The molecule has 0 saturated heterocycles. The number of amidine groups is 1. The maximum Gasteiger partial charge on any atom is 0.211 e. The third-order valence-corrected chi connectivity index (χ3v) is 5.62. The van der Waals surface area contributed by atoms with Gasteiger partial charge in [-0.05, 0) is 24.1 Å². The van der Waals surface area contributed by atoms with Crippen molar-refractivity contribution in [3.63, 3.8) is 0 Å². The number of fused-ring (bicyclic) bond motifs is 1. The normalized spacial score (nSPS) is 14.2. The molecule has 2 heterocycles. The van der Waals surface area contributed by atoms with Crippen molar-refractivity contribution in [3.8, 4) is 28.6 Å². The van der Waals surface area contributed by atoms with Gasteiger partial charge in [-0.2, -0.15) is 0 Å². The number of hydrogen-bond acceptors (Lipinski definition) is 7. The van der Waals surface area contributed by atoms with E-state index in [9.17, 15) is 0 Å². The molecule has 1 aliphatic heterocycles. The number of ether oxygens (including phenoxy) is 3. The molecule has 3 aromatic rings. The number of benzene rings is 2. The molecule has 9 heteroatoms. The van der Waals surface area contributed by atoms with Gasteiger partial charge in [-0.15, -0.1) is 10.2 Å². The van der Waals surface area contributed by atoms with Crippen molar-refractivity contribution >= 4 is 17.6 Å². The van der Waals surface area contributed by atoms with Gasteiger partial charge in [0, 0.05) is 12.1 Å². The van der Waals surface area contributed by atoms with Gasteiger partial charge >= 0.3 is 0 Å². The van der Waals surface area contributed by atoms with Crippen LogP contribution in [0.4, 0.5) is 0 Å². The molecule has 30 heavy (non-hydrogen) atoms. The van der Waals surface area contributed by atoms with Crippen LogP contribution in [-0.4, -0.2) is 54.3 Å². The van der Waals surface area contributed by atoms with E-state index < -0.39 is 0 Å². The van der Waals surface area contributed by atoms with Crippen LogP contribution < -0.4 is 19.6 Å². The van der Waals surface area contributed by atoms with E-state index in [0.29, 0.717) is 29.6 Å². The highest BCUT2D eigenvalue weighted by molar-refractivity contribution is 7.99. The Bertz CT molecular complexity index is 1030. The Balaban J connectivity index is 1.58. The van der Waals surface area contributed by atoms with Gasteiger partial charge in [0.25, 0.3) is 0 Å². The summed E-state index contributed by atoms with van der Waals surface area (Å²) in [4.78, 5) is 4.73. The molecule has 156 valence electrons. The first kappa shape index (κ1) is 20.1. The first-order chi connectivity index (χ1) is 14.7. The van der Waals surface area contributed by atoms with Crippen molar-refractivity contribution in [1.29, 1.82) is 0 Å². The number of methoxy groups -OCH3 is 3. The molecule has 0 fully saturated rings. The summed E-state index contributed by atoms with van der Waals surface area (Å²) >= 11 is 1.59. The average molecular weight is 426 g/mol. The molecule has 1 aromatic heterocycles. The van der Waals surface area contributed by atoms with Crippen LogP contribution in [0.2, 0.25) is 0 Å². The van der Waals surface area contributed by atoms with Gasteiger partial charge in [0.05, 0.1) is 27.1 Å². The summed E-state index contributed by atoms with van der Waals surface area (Å²) in [5.74, 6) is 3.91. The van der Waals surface area contributed by atoms with Crippen LogP contribution in [0.3, 0.4) is 0 Å². The number of rotatable bonds is 7. The fourth-order valence-corrected chi connectivity index (χ4v) is 3.98. The lowest BCUT2D eigenvalue weighted by Gasteiger charge is -2.19. The van der Waals surface area contributed by atoms with E-state index >= 15 is 0 Å². The van der Waals surface area contributed by atoms with E-state index in [0.717, 1.165) is 28.7 Å². The molecule has 0 saturated carbocycles. The van der Waals surface area contributed by atoms with E-state index in [-0.39, 0.29) is 0 Å². The van der Waals surface area contributed by atoms with Crippen molar-refractivity contribution in [2.45, 2.75) is 11.6 Å². The predicted molar refractivity (Wildman–Crippen MR) is 118 cm³/mol. The van der Waals surface area contributed by atoms with Crippen molar-refractivity contribution in [2.24, 2.45) is 4.99 Å². The zero-order valence-corrected chi connectivity index (χ0v) is 17.9. The molecule has 1 aliphatic rings. The standard InChI is InChI=1S/C21H23N5O3S/c1-27-16-11-15(12-17(28-2)19(16)29-3)20-23-24-21-26(20)25-18(13-30-21)22-10-9-14-7-5-4-6-8-14/h4-8,11-12H,9-10,13H2,1-3H3,(H,22,25). The van der Waals surface area contributed by atoms with Gasteiger partial charge in [-0.25, -0.2) is 4.68 Å². The third kappa shape index (κ3) is 4.06. The summed E-state index contributed by atoms with van der Waals surface area (Å²) in [6.45, 7) is 0.712. The zero-order chi connectivity index (χ0) is 20.9. The molecular formula is C21H23N5O3S. The largest absolute Gasteiger partial charge is 0.493 e. The molecule has 1 N–H and O–H groups in total. The van der Waals surface area contributed by atoms with Gasteiger partial charge < -0.3 is 14.2 Å². The molecule has 0 spiro atoms. The third-order valence-electron chi connectivity index (χ3n) is 4.68. The Morgan fingerprint density at radius 1 is 1.03 bits per heavy atom. The van der Waals surface area contributed by atoms with Crippen LogP contribution in [0.25, 0.3) is 11.4 Å². The number of nitrogens with one attached hydrogen (secondary N) is 1. The molecule has 0 radical (unpaired) electrons. The number of nitrogens with zero attached hydrogens (tertiary/aromatic N) is 4. The highest BCUT2D eigenvalue weighted by Crippen LogP contribution is 2.41. The Morgan fingerprint density at radius 3 is 2.43 bits per heavy atom. The SMILES string of the molecule is COc1cc(-c2nnc3n2NC(=NCCc2ccccc2)CS3)cc(OC)c1OC. The summed E-state index contributed by atoms with van der Waals surface area (Å²) in [5, 5.41) is 9.43. The lowest BCUT2D eigenvalue weighted by Crippen LogP contribution is -2.30. The first-order valence-corrected chi connectivity index (χ1v) is 10.4. The fourth-order valence-electron chi connectivity index (χ4n) is 3.20. The zero-order valence-electron chi connectivity index (χ0n) is 17.1. The van der Waals surface area contributed by atoms with Crippen LogP contribution in [0.1, 0.15) is 5.56 Å². The predicted octanol–water partition coefficient (Wildman–Crippen LogP) is 3.26. The van der Waals surface area contributed by atoms with Gasteiger partial charge in [-0.3, -0.25) is 10.4 Å². The average Bonchev–Trinajstić information content (AvgIpc) is 3.22. The molecule has 0 unspecified atom stereocenters. The quantitative estimate of drug-likeness (QED) is 0.622. The van der Waals surface area contributed by atoms with Crippen molar-refractivity contribution < 1.29 is 14.2 Å². The molecule has 0 atom stereocenters. The summed E-state index contributed by atoms with van der Waals surface area (Å²) in [5.41, 5.74) is 5.41. The van der Waals surface area contributed by atoms with Gasteiger partial charge in [-0.1, -0.05) is 42.1 Å². The smallest absolute Gasteiger partial charge is 0.211 e. The Hall–Kier alpha value is -3.20. The van der Waals surface area contributed by atoms with E-state index in [2.05, 4.69) is 27.8 Å². The second kappa shape index (κ2) is 9.08. The van der Waals surface area contributed by atoms with E-state index in [4.69, 9.17) is 19.2 Å². The Kier molecular flexibility index (Phi) is 6.08. The van der Waals surface area contributed by atoms with Crippen LogP contribution in [-0.2, 0) is 6.42 Å². The topological polar surface area (TPSA) is 82.8 Å². The summed E-state index contributed by atoms with van der Waals surface area (Å²) in [6.07, 6.45) is 0.894. The second-order valence-corrected chi connectivity index (χ2v) is 7.46. The van der Waals surface area contributed by atoms with Gasteiger partial charge in [0.1, 0.15) is 5.84 Å². The fraction of sp³-hybridized carbons (Fsp3) is 0.286. The minimum Gasteiger partial charge on any atom is -0.493 e. The molecule has 2 aromatic carbocycles. The second-order valence-electron chi connectivity index (χ2n) is 6.52. The van der Waals surface area contributed by atoms with Crippen LogP contribution >= 0.6 is 11.8 Å². The van der Waals surface area contributed by atoms with E-state index in [1.807, 2.05) is 35.0 Å². The number of thioether (sulfide) groups is 1. The maximum atomic E-state index is 5.47. The minimum absolute atomic E-state index is 0.535. The van der Waals surface area contributed by atoms with Crippen LogP contribution in [0.15, 0.2) is 52.6 Å². The van der Waals surface area contributed by atoms with Crippen LogP contribution in [0, 0.1) is 0 Å². The van der Waals surface area contributed by atoms with Crippen molar-refractivity contribution in [1.82, 2.24) is 14.9 Å². The number of aliphatic imine (C=N–C) groups is 1. The molecule has 0 amide bonds. The van der Waals surface area contributed by atoms with Crippen molar-refractivity contribution in [3.05, 3.63) is 48.0 Å². The summed E-state index contributed by atoms with van der Waals surface area (Å²) in [6, 6.07) is 14.0. The van der Waals surface area contributed by atoms with Crippen LogP contribution in [0.5, 0.6) is 17.2 Å². The lowest BCUT2D eigenvalue weighted by atomic mass is 10.1. The Labute approximate surface area is 179 Å². The van der Waals surface area contributed by atoms with E-state index in [1.165, 1.54) is 5.56 Å². The number of aromatic nitrogens is 3. The maximum absolute atomic E-state index is 5.47. The molecular weight excluding hydrogens is 402 g/mol. The highest BCUT2D eigenvalue weighted by Gasteiger charge is 2.23. The summed E-state index contributed by atoms with van der Waals surface area (Å²) < 4.78 is 18.2. The monoisotopic (exact) mass is 425 g/mol. The van der Waals surface area contributed by atoms with Crippen molar-refractivity contribution in [2.75, 3.05) is 39.1 Å². The van der Waals surface area contributed by atoms with Gasteiger partial charge in [0.2, 0.25) is 10.9 Å². The lowest BCUT2D eigenvalue weighted by molar-refractivity contribution is 0.324. The first-order valence-electron chi connectivity index (χ1n) is 9.46. The molecule has 4 rings (SSSR count). The molecule has 8 nitrogen and oxygen atoms in total. The van der Waals surface area contributed by atoms with Gasteiger partial charge in [0.15, 0.2) is 17.3 Å². The number of hydrogen-bond donors (Lipinski definition) is 1. The molecule has 0 bridgehead atoms. The Morgan fingerprint density at radius 2 is 1.77 bits per heavy atom. The molecule has 0 aliphatic carbocycles. The van der Waals surface area contributed by atoms with E-state index in [1.54, 1.807) is 33.1 Å². The highest BCUT2D eigenvalue weighted by atomic mass is 32.2.